The topological polar surface area (TPSA) is 49.4 Å². The third-order valence-corrected chi connectivity index (χ3v) is 5.05. The number of hydrogen-bond acceptors (Lipinski definition) is 2. The summed E-state index contributed by atoms with van der Waals surface area (Å²) in [5, 5.41) is 3.50. The Balaban J connectivity index is 2.13. The van der Waals surface area contributed by atoms with Crippen LogP contribution in [0, 0.1) is 11.7 Å². The Morgan fingerprint density at radius 2 is 1.72 bits per heavy atom. The Morgan fingerprint density at radius 3 is 2.34 bits per heavy atom. The zero-order chi connectivity index (χ0) is 21.4. The van der Waals surface area contributed by atoms with Crippen LogP contribution in [0.5, 0.6) is 0 Å². The van der Waals surface area contributed by atoms with Crippen molar-refractivity contribution in [3.05, 3.63) is 70.5 Å². The van der Waals surface area contributed by atoms with Gasteiger partial charge in [0, 0.05) is 24.5 Å². The van der Waals surface area contributed by atoms with Gasteiger partial charge in [-0.1, -0.05) is 55.8 Å². The third kappa shape index (κ3) is 7.17. The maximum atomic E-state index is 13.2. The van der Waals surface area contributed by atoms with E-state index in [0.717, 1.165) is 11.1 Å². The van der Waals surface area contributed by atoms with Crippen molar-refractivity contribution in [3.63, 3.8) is 0 Å². The number of nitrogens with zero attached hydrogens (tertiary/aromatic N) is 1. The van der Waals surface area contributed by atoms with Gasteiger partial charge in [-0.05, 0) is 48.6 Å². The fraction of sp³-hybridized carbons (Fsp3) is 0.391. The minimum atomic E-state index is -0.641. The van der Waals surface area contributed by atoms with E-state index >= 15 is 0 Å². The largest absolute Gasteiger partial charge is 0.354 e. The number of nitrogens with one attached hydrogen (secondary N) is 1. The van der Waals surface area contributed by atoms with Gasteiger partial charge in [0.2, 0.25) is 11.8 Å². The lowest BCUT2D eigenvalue weighted by atomic mass is 10.1. The molecular weight excluding hydrogens is 391 g/mol. The number of carbonyl (C=O) groups is 2. The Kier molecular flexibility index (Phi) is 8.65. The molecule has 0 aromatic heterocycles. The molecule has 2 aromatic rings. The Bertz CT molecular complexity index is 824. The molecule has 2 amide bonds. The SMILES string of the molecule is CC(C)CNC(=O)[C@@H](C)N(Cc1ccc(F)cc1)C(=O)CCc1ccccc1Cl. The van der Waals surface area contributed by atoms with Crippen LogP contribution in [0.25, 0.3) is 0 Å². The number of aryl methyl sites for hydroxylation is 1. The van der Waals surface area contributed by atoms with E-state index < -0.39 is 6.04 Å². The summed E-state index contributed by atoms with van der Waals surface area (Å²) in [5.41, 5.74) is 1.65. The molecule has 0 aliphatic carbocycles. The van der Waals surface area contributed by atoms with E-state index in [1.165, 1.54) is 12.1 Å². The van der Waals surface area contributed by atoms with Crippen molar-refractivity contribution in [3.8, 4) is 0 Å². The highest BCUT2D eigenvalue weighted by molar-refractivity contribution is 6.31. The van der Waals surface area contributed by atoms with E-state index in [0.29, 0.717) is 23.9 Å². The van der Waals surface area contributed by atoms with Crippen molar-refractivity contribution >= 4 is 23.4 Å². The van der Waals surface area contributed by atoms with Gasteiger partial charge in [0.05, 0.1) is 0 Å². The second-order valence-corrected chi connectivity index (χ2v) is 7.96. The molecule has 0 bridgehead atoms. The van der Waals surface area contributed by atoms with Gasteiger partial charge in [-0.2, -0.15) is 0 Å². The molecule has 6 heteroatoms. The van der Waals surface area contributed by atoms with Crippen molar-refractivity contribution in [1.82, 2.24) is 10.2 Å². The van der Waals surface area contributed by atoms with Crippen molar-refractivity contribution in [2.75, 3.05) is 6.54 Å². The van der Waals surface area contributed by atoms with Crippen LogP contribution >= 0.6 is 11.6 Å². The molecule has 0 heterocycles. The summed E-state index contributed by atoms with van der Waals surface area (Å²) in [7, 11) is 0. The maximum absolute atomic E-state index is 13.2. The summed E-state index contributed by atoms with van der Waals surface area (Å²) in [5.74, 6) is -0.381. The van der Waals surface area contributed by atoms with Gasteiger partial charge in [-0.15, -0.1) is 0 Å². The molecule has 156 valence electrons. The molecule has 0 unspecified atom stereocenters. The first-order valence-electron chi connectivity index (χ1n) is 9.83. The quantitative estimate of drug-likeness (QED) is 0.646. The number of halogens is 2. The fourth-order valence-electron chi connectivity index (χ4n) is 2.91. The molecule has 0 fully saturated rings. The van der Waals surface area contributed by atoms with Crippen molar-refractivity contribution < 1.29 is 14.0 Å². The average molecular weight is 419 g/mol. The van der Waals surface area contributed by atoms with Crippen LogP contribution in [0.4, 0.5) is 4.39 Å². The second-order valence-electron chi connectivity index (χ2n) is 7.55. The van der Waals surface area contributed by atoms with E-state index in [1.54, 1.807) is 30.0 Å². The lowest BCUT2D eigenvalue weighted by molar-refractivity contribution is -0.140. The van der Waals surface area contributed by atoms with Crippen LogP contribution < -0.4 is 5.32 Å². The summed E-state index contributed by atoms with van der Waals surface area (Å²) < 4.78 is 13.2. The Labute approximate surface area is 177 Å². The highest BCUT2D eigenvalue weighted by Gasteiger charge is 2.26. The van der Waals surface area contributed by atoms with Crippen LogP contribution in [0.2, 0.25) is 5.02 Å². The summed E-state index contributed by atoms with van der Waals surface area (Å²) in [6, 6.07) is 12.7. The zero-order valence-corrected chi connectivity index (χ0v) is 17.9. The van der Waals surface area contributed by atoms with Crippen LogP contribution in [0.1, 0.15) is 38.3 Å². The number of benzene rings is 2. The molecule has 0 aliphatic rings. The molecular formula is C23H28ClFN2O2. The molecule has 0 saturated carbocycles. The molecule has 1 atom stereocenters. The minimum Gasteiger partial charge on any atom is -0.354 e. The first-order chi connectivity index (χ1) is 13.8. The van der Waals surface area contributed by atoms with E-state index in [4.69, 9.17) is 11.6 Å². The first kappa shape index (κ1) is 22.9. The summed E-state index contributed by atoms with van der Waals surface area (Å²) in [4.78, 5) is 27.1. The van der Waals surface area contributed by atoms with Gasteiger partial charge in [0.25, 0.3) is 0 Å². The number of rotatable bonds is 9. The number of amides is 2. The molecule has 2 aromatic carbocycles. The van der Waals surface area contributed by atoms with Gasteiger partial charge >= 0.3 is 0 Å². The minimum absolute atomic E-state index is 0.151. The molecule has 0 aliphatic heterocycles. The van der Waals surface area contributed by atoms with Gasteiger partial charge in [-0.3, -0.25) is 9.59 Å². The third-order valence-electron chi connectivity index (χ3n) is 4.68. The van der Waals surface area contributed by atoms with Gasteiger partial charge in [0.1, 0.15) is 11.9 Å². The number of carbonyl (C=O) groups excluding carboxylic acids is 2. The Morgan fingerprint density at radius 1 is 1.07 bits per heavy atom. The smallest absolute Gasteiger partial charge is 0.242 e. The summed E-state index contributed by atoms with van der Waals surface area (Å²) in [6.07, 6.45) is 0.714. The average Bonchev–Trinajstić information content (AvgIpc) is 2.70. The monoisotopic (exact) mass is 418 g/mol. The summed E-state index contributed by atoms with van der Waals surface area (Å²) in [6.45, 7) is 6.51. The van der Waals surface area contributed by atoms with E-state index in [-0.39, 0.29) is 30.6 Å². The lowest BCUT2D eigenvalue weighted by Gasteiger charge is -2.29. The molecule has 1 N–H and O–H groups in total. The van der Waals surface area contributed by atoms with Crippen molar-refractivity contribution in [1.29, 1.82) is 0 Å². The van der Waals surface area contributed by atoms with Gasteiger partial charge < -0.3 is 10.2 Å². The number of hydrogen-bond donors (Lipinski definition) is 1. The predicted octanol–water partition coefficient (Wildman–Crippen LogP) is 4.60. The van der Waals surface area contributed by atoms with Crippen molar-refractivity contribution in [2.45, 2.75) is 46.2 Å². The molecule has 29 heavy (non-hydrogen) atoms. The predicted molar refractivity (Wildman–Crippen MR) is 114 cm³/mol. The molecule has 0 saturated heterocycles. The highest BCUT2D eigenvalue weighted by Crippen LogP contribution is 2.18. The first-order valence-corrected chi connectivity index (χ1v) is 10.2. The molecule has 0 radical (unpaired) electrons. The Hall–Kier alpha value is -2.40. The van der Waals surface area contributed by atoms with Crippen molar-refractivity contribution in [2.24, 2.45) is 5.92 Å². The molecule has 0 spiro atoms. The highest BCUT2D eigenvalue weighted by atomic mass is 35.5. The summed E-state index contributed by atoms with van der Waals surface area (Å²) >= 11 is 6.19. The maximum Gasteiger partial charge on any atom is 0.242 e. The molecule has 2 rings (SSSR count). The van der Waals surface area contributed by atoms with Crippen LogP contribution in [-0.4, -0.2) is 29.3 Å². The zero-order valence-electron chi connectivity index (χ0n) is 17.1. The van der Waals surface area contributed by atoms with E-state index in [1.807, 2.05) is 32.0 Å². The molecule has 4 nitrogen and oxygen atoms in total. The van der Waals surface area contributed by atoms with Gasteiger partial charge in [0.15, 0.2) is 0 Å². The van der Waals surface area contributed by atoms with E-state index in [9.17, 15) is 14.0 Å². The normalized spacial score (nSPS) is 11.9. The lowest BCUT2D eigenvalue weighted by Crippen LogP contribution is -2.48. The second kappa shape index (κ2) is 11.0. The standard InChI is InChI=1S/C23H28ClFN2O2/c1-16(2)14-26-23(29)17(3)27(15-18-8-11-20(25)12-9-18)22(28)13-10-19-6-4-5-7-21(19)24/h4-9,11-12,16-17H,10,13-15H2,1-3H3,(H,26,29)/t17-/m1/s1. The van der Waals surface area contributed by atoms with Crippen LogP contribution in [-0.2, 0) is 22.6 Å². The van der Waals surface area contributed by atoms with Gasteiger partial charge in [-0.25, -0.2) is 4.39 Å². The van der Waals surface area contributed by atoms with E-state index in [2.05, 4.69) is 5.32 Å². The van der Waals surface area contributed by atoms with Crippen LogP contribution in [0.15, 0.2) is 48.5 Å². The van der Waals surface area contributed by atoms with Crippen LogP contribution in [0.3, 0.4) is 0 Å². The fourth-order valence-corrected chi connectivity index (χ4v) is 3.14.